The SMILES string of the molecule is Nc1ccccc1OCc1coc(-c2ccccc2)n1. The van der Waals surface area contributed by atoms with Crippen LogP contribution in [0.25, 0.3) is 11.5 Å². The van der Waals surface area contributed by atoms with E-state index in [2.05, 4.69) is 4.98 Å². The zero-order chi connectivity index (χ0) is 13.8. The fraction of sp³-hybridized carbons (Fsp3) is 0.0625. The largest absolute Gasteiger partial charge is 0.485 e. The second-order valence-corrected chi connectivity index (χ2v) is 4.34. The summed E-state index contributed by atoms with van der Waals surface area (Å²) in [6.07, 6.45) is 1.60. The maximum absolute atomic E-state index is 5.81. The van der Waals surface area contributed by atoms with Gasteiger partial charge in [0.25, 0.3) is 0 Å². The van der Waals surface area contributed by atoms with Gasteiger partial charge in [-0.05, 0) is 24.3 Å². The summed E-state index contributed by atoms with van der Waals surface area (Å²) in [6, 6.07) is 17.1. The van der Waals surface area contributed by atoms with Gasteiger partial charge in [-0.2, -0.15) is 0 Å². The van der Waals surface area contributed by atoms with Crippen molar-refractivity contribution < 1.29 is 9.15 Å². The standard InChI is InChI=1S/C16H14N2O2/c17-14-8-4-5-9-15(14)19-10-13-11-20-16(18-13)12-6-2-1-3-7-12/h1-9,11H,10,17H2. The zero-order valence-corrected chi connectivity index (χ0v) is 10.8. The molecule has 1 heterocycles. The van der Waals surface area contributed by atoms with E-state index in [0.717, 1.165) is 11.3 Å². The van der Waals surface area contributed by atoms with Crippen molar-refractivity contribution in [3.63, 3.8) is 0 Å². The van der Waals surface area contributed by atoms with Crippen LogP contribution in [0.15, 0.2) is 65.3 Å². The molecule has 0 bridgehead atoms. The molecular weight excluding hydrogens is 252 g/mol. The van der Waals surface area contributed by atoms with Gasteiger partial charge in [-0.15, -0.1) is 0 Å². The van der Waals surface area contributed by atoms with Crippen molar-refractivity contribution in [3.05, 3.63) is 66.6 Å². The molecule has 0 unspecified atom stereocenters. The number of nitrogens with zero attached hydrogens (tertiary/aromatic N) is 1. The number of hydrogen-bond acceptors (Lipinski definition) is 4. The molecule has 100 valence electrons. The molecule has 2 N–H and O–H groups in total. The molecule has 1 aromatic heterocycles. The van der Waals surface area contributed by atoms with Gasteiger partial charge in [-0.1, -0.05) is 30.3 Å². The summed E-state index contributed by atoms with van der Waals surface area (Å²) in [6.45, 7) is 0.324. The third kappa shape index (κ3) is 2.64. The lowest BCUT2D eigenvalue weighted by molar-refractivity contribution is 0.302. The van der Waals surface area contributed by atoms with Crippen molar-refractivity contribution in [2.45, 2.75) is 6.61 Å². The third-order valence-corrected chi connectivity index (χ3v) is 2.87. The normalized spacial score (nSPS) is 10.4. The number of nitrogen functional groups attached to an aromatic ring is 1. The molecule has 0 aliphatic carbocycles. The summed E-state index contributed by atoms with van der Waals surface area (Å²) in [5.74, 6) is 1.24. The molecule has 0 spiro atoms. The molecule has 4 heteroatoms. The quantitative estimate of drug-likeness (QED) is 0.734. The molecule has 0 saturated heterocycles. The Bertz CT molecular complexity index is 692. The van der Waals surface area contributed by atoms with E-state index in [1.165, 1.54) is 0 Å². The van der Waals surface area contributed by atoms with Crippen LogP contribution < -0.4 is 10.5 Å². The molecule has 0 atom stereocenters. The average molecular weight is 266 g/mol. The first-order valence-electron chi connectivity index (χ1n) is 6.30. The summed E-state index contributed by atoms with van der Waals surface area (Å²) in [5, 5.41) is 0. The lowest BCUT2D eigenvalue weighted by Crippen LogP contribution is -1.98. The van der Waals surface area contributed by atoms with Crippen LogP contribution in [0.5, 0.6) is 5.75 Å². The van der Waals surface area contributed by atoms with E-state index < -0.39 is 0 Å². The van der Waals surface area contributed by atoms with Crippen LogP contribution in [0, 0.1) is 0 Å². The Morgan fingerprint density at radius 3 is 2.55 bits per heavy atom. The minimum atomic E-state index is 0.324. The van der Waals surface area contributed by atoms with Gasteiger partial charge in [0.2, 0.25) is 5.89 Å². The Kier molecular flexibility index (Phi) is 3.37. The van der Waals surface area contributed by atoms with Gasteiger partial charge in [0.1, 0.15) is 24.3 Å². The number of nitrogens with two attached hydrogens (primary N) is 1. The molecule has 0 amide bonds. The topological polar surface area (TPSA) is 61.3 Å². The molecule has 0 aliphatic heterocycles. The van der Waals surface area contributed by atoms with Gasteiger partial charge in [0, 0.05) is 5.56 Å². The molecule has 3 aromatic rings. The number of rotatable bonds is 4. The van der Waals surface area contributed by atoms with Gasteiger partial charge >= 0.3 is 0 Å². The van der Waals surface area contributed by atoms with E-state index in [1.54, 1.807) is 12.3 Å². The molecule has 0 fully saturated rings. The smallest absolute Gasteiger partial charge is 0.226 e. The number of oxazole rings is 1. The van der Waals surface area contributed by atoms with E-state index in [4.69, 9.17) is 14.9 Å². The second-order valence-electron chi connectivity index (χ2n) is 4.34. The fourth-order valence-electron chi connectivity index (χ4n) is 1.85. The highest BCUT2D eigenvalue weighted by Gasteiger charge is 2.07. The summed E-state index contributed by atoms with van der Waals surface area (Å²) in [4.78, 5) is 4.39. The van der Waals surface area contributed by atoms with Gasteiger partial charge < -0.3 is 14.9 Å². The predicted octanol–water partition coefficient (Wildman–Crippen LogP) is 3.50. The minimum Gasteiger partial charge on any atom is -0.485 e. The first kappa shape index (κ1) is 12.3. The summed E-state index contributed by atoms with van der Waals surface area (Å²) >= 11 is 0. The van der Waals surface area contributed by atoms with Crippen molar-refractivity contribution in [2.75, 3.05) is 5.73 Å². The van der Waals surface area contributed by atoms with Crippen LogP contribution in [0.3, 0.4) is 0 Å². The maximum atomic E-state index is 5.81. The van der Waals surface area contributed by atoms with Crippen LogP contribution in [-0.2, 0) is 6.61 Å². The Balaban J connectivity index is 1.71. The number of ether oxygens (including phenoxy) is 1. The zero-order valence-electron chi connectivity index (χ0n) is 10.8. The Hall–Kier alpha value is -2.75. The monoisotopic (exact) mass is 266 g/mol. The molecule has 3 rings (SSSR count). The number of aromatic nitrogens is 1. The fourth-order valence-corrected chi connectivity index (χ4v) is 1.85. The molecular formula is C16H14N2O2. The lowest BCUT2D eigenvalue weighted by atomic mass is 10.2. The predicted molar refractivity (Wildman–Crippen MR) is 77.1 cm³/mol. The van der Waals surface area contributed by atoms with E-state index in [9.17, 15) is 0 Å². The molecule has 2 aromatic carbocycles. The molecule has 20 heavy (non-hydrogen) atoms. The Morgan fingerprint density at radius 2 is 1.75 bits per heavy atom. The third-order valence-electron chi connectivity index (χ3n) is 2.87. The molecule has 0 saturated carbocycles. The highest BCUT2D eigenvalue weighted by molar-refractivity contribution is 5.53. The van der Waals surface area contributed by atoms with Crippen LogP contribution in [0.4, 0.5) is 5.69 Å². The number of anilines is 1. The van der Waals surface area contributed by atoms with Gasteiger partial charge in [0.15, 0.2) is 0 Å². The van der Waals surface area contributed by atoms with E-state index in [1.807, 2.05) is 48.5 Å². The number of para-hydroxylation sites is 2. The number of benzene rings is 2. The Morgan fingerprint density at radius 1 is 1.00 bits per heavy atom. The van der Waals surface area contributed by atoms with E-state index in [-0.39, 0.29) is 0 Å². The molecule has 4 nitrogen and oxygen atoms in total. The van der Waals surface area contributed by atoms with E-state index >= 15 is 0 Å². The first-order chi connectivity index (χ1) is 9.83. The average Bonchev–Trinajstić information content (AvgIpc) is 2.96. The van der Waals surface area contributed by atoms with Crippen LogP contribution in [0.2, 0.25) is 0 Å². The summed E-state index contributed by atoms with van der Waals surface area (Å²) in [5.41, 5.74) is 8.09. The molecule has 0 aliphatic rings. The second kappa shape index (κ2) is 5.48. The Labute approximate surface area is 116 Å². The molecule has 0 radical (unpaired) electrons. The minimum absolute atomic E-state index is 0.324. The first-order valence-corrected chi connectivity index (χ1v) is 6.30. The summed E-state index contributed by atoms with van der Waals surface area (Å²) < 4.78 is 11.1. The van der Waals surface area contributed by atoms with Gasteiger partial charge in [-0.25, -0.2) is 4.98 Å². The van der Waals surface area contributed by atoms with Crippen molar-refractivity contribution in [2.24, 2.45) is 0 Å². The van der Waals surface area contributed by atoms with Crippen molar-refractivity contribution in [3.8, 4) is 17.2 Å². The lowest BCUT2D eigenvalue weighted by Gasteiger charge is -2.05. The van der Waals surface area contributed by atoms with E-state index in [0.29, 0.717) is 23.9 Å². The maximum Gasteiger partial charge on any atom is 0.226 e. The van der Waals surface area contributed by atoms with Crippen LogP contribution in [-0.4, -0.2) is 4.98 Å². The van der Waals surface area contributed by atoms with Gasteiger partial charge in [-0.3, -0.25) is 0 Å². The van der Waals surface area contributed by atoms with Crippen LogP contribution in [0.1, 0.15) is 5.69 Å². The summed E-state index contributed by atoms with van der Waals surface area (Å²) in [7, 11) is 0. The van der Waals surface area contributed by atoms with Crippen LogP contribution >= 0.6 is 0 Å². The highest BCUT2D eigenvalue weighted by atomic mass is 16.5. The van der Waals surface area contributed by atoms with Crippen molar-refractivity contribution in [1.29, 1.82) is 0 Å². The van der Waals surface area contributed by atoms with Crippen molar-refractivity contribution >= 4 is 5.69 Å². The highest BCUT2D eigenvalue weighted by Crippen LogP contribution is 2.22. The van der Waals surface area contributed by atoms with Crippen molar-refractivity contribution in [1.82, 2.24) is 4.98 Å². The van der Waals surface area contributed by atoms with Gasteiger partial charge in [0.05, 0.1) is 5.69 Å². The number of hydrogen-bond donors (Lipinski definition) is 1.